The molecule has 0 saturated carbocycles. The average Bonchev–Trinajstić information content (AvgIpc) is 2.96. The van der Waals surface area contributed by atoms with Crippen molar-refractivity contribution >= 4 is 5.97 Å². The zero-order valence-corrected chi connectivity index (χ0v) is 25.4. The third-order valence-corrected chi connectivity index (χ3v) is 7.16. The summed E-state index contributed by atoms with van der Waals surface area (Å²) in [6.45, 7) is 16.7. The summed E-state index contributed by atoms with van der Waals surface area (Å²) in [5.74, 6) is -0.867. The number of benzene rings is 2. The van der Waals surface area contributed by atoms with Crippen molar-refractivity contribution in [3.63, 3.8) is 0 Å². The molecule has 5 nitrogen and oxygen atoms in total. The van der Waals surface area contributed by atoms with Gasteiger partial charge in [-0.25, -0.2) is 4.79 Å². The smallest absolute Gasteiger partial charge is 0.337 e. The highest BCUT2D eigenvalue weighted by molar-refractivity contribution is 5.89. The molecule has 4 aromatic rings. The van der Waals surface area contributed by atoms with Crippen molar-refractivity contribution in [2.24, 2.45) is 0 Å². The number of aromatic nitrogens is 2. The predicted octanol–water partition coefficient (Wildman–Crippen LogP) is 8.63. The molecule has 1 N–H and O–H groups in total. The van der Waals surface area contributed by atoms with E-state index in [9.17, 15) is 15.2 Å². The third-order valence-electron chi connectivity index (χ3n) is 7.16. The first-order valence-corrected chi connectivity index (χ1v) is 14.0. The molecule has 2 atom stereocenters. The number of aromatic carboxylic acids is 1. The predicted molar refractivity (Wildman–Crippen MR) is 165 cm³/mol. The van der Waals surface area contributed by atoms with Crippen molar-refractivity contribution in [1.82, 2.24) is 9.97 Å². The van der Waals surface area contributed by atoms with E-state index in [0.29, 0.717) is 11.3 Å². The van der Waals surface area contributed by atoms with Gasteiger partial charge in [-0.1, -0.05) is 116 Å². The standard InChI is InChI=1S/C18H20N2.C18H21NO2/c1-13(14-8-6-5-7-9-14)17-15(12-19)10-11-16(20-17)18(2,3)4;1-12(13-8-6-5-7-9-13)16-14(17(20)21)10-11-15(19-16)18(2,3)4/h5-11,13H,1-4H3;5-12H,1-4H3,(H,20,21). The van der Waals surface area contributed by atoms with Crippen molar-refractivity contribution in [1.29, 1.82) is 5.26 Å². The second-order valence-corrected chi connectivity index (χ2v) is 12.4. The summed E-state index contributed by atoms with van der Waals surface area (Å²) in [6, 6.07) is 29.7. The number of hydrogen-bond donors (Lipinski definition) is 1. The van der Waals surface area contributed by atoms with E-state index in [1.165, 1.54) is 5.56 Å². The Balaban J connectivity index is 0.000000226. The highest BCUT2D eigenvalue weighted by atomic mass is 16.4. The van der Waals surface area contributed by atoms with Crippen molar-refractivity contribution in [2.45, 2.75) is 78.1 Å². The molecule has 0 saturated heterocycles. The molecule has 41 heavy (non-hydrogen) atoms. The minimum Gasteiger partial charge on any atom is -0.478 e. The van der Waals surface area contributed by atoms with Gasteiger partial charge in [0.1, 0.15) is 6.07 Å². The van der Waals surface area contributed by atoms with Gasteiger partial charge in [-0.2, -0.15) is 5.26 Å². The maximum Gasteiger partial charge on any atom is 0.337 e. The molecule has 5 heteroatoms. The first kappa shape index (κ1) is 31.2. The molecule has 0 aliphatic carbocycles. The van der Waals surface area contributed by atoms with E-state index in [1.807, 2.05) is 73.7 Å². The van der Waals surface area contributed by atoms with Crippen molar-refractivity contribution in [3.05, 3.63) is 130 Å². The van der Waals surface area contributed by atoms with Crippen LogP contribution in [0.3, 0.4) is 0 Å². The lowest BCUT2D eigenvalue weighted by molar-refractivity contribution is 0.0694. The van der Waals surface area contributed by atoms with Crippen LogP contribution in [0.4, 0.5) is 0 Å². The SMILES string of the molecule is CC(c1ccccc1)c1nc(C(C)(C)C)ccc1C#N.CC(c1ccccc1)c1nc(C(C)(C)C)ccc1C(=O)O. The fourth-order valence-electron chi connectivity index (χ4n) is 4.52. The summed E-state index contributed by atoms with van der Waals surface area (Å²) in [5.41, 5.74) is 6.49. The summed E-state index contributed by atoms with van der Waals surface area (Å²) in [7, 11) is 0. The Morgan fingerprint density at radius 1 is 0.683 bits per heavy atom. The fourth-order valence-corrected chi connectivity index (χ4v) is 4.52. The van der Waals surface area contributed by atoms with E-state index in [-0.39, 0.29) is 28.2 Å². The summed E-state index contributed by atoms with van der Waals surface area (Å²) >= 11 is 0. The lowest BCUT2D eigenvalue weighted by Crippen LogP contribution is -2.18. The Labute approximate surface area is 245 Å². The summed E-state index contributed by atoms with van der Waals surface area (Å²) < 4.78 is 0. The van der Waals surface area contributed by atoms with Crippen LogP contribution < -0.4 is 0 Å². The normalized spacial score (nSPS) is 12.9. The second-order valence-electron chi connectivity index (χ2n) is 12.4. The van der Waals surface area contributed by atoms with Crippen LogP contribution in [-0.4, -0.2) is 21.0 Å². The Morgan fingerprint density at radius 3 is 1.51 bits per heavy atom. The van der Waals surface area contributed by atoms with Crippen LogP contribution in [-0.2, 0) is 10.8 Å². The zero-order chi connectivity index (χ0) is 30.4. The van der Waals surface area contributed by atoms with Crippen LogP contribution in [0.5, 0.6) is 0 Å². The molecule has 0 aliphatic heterocycles. The van der Waals surface area contributed by atoms with E-state index < -0.39 is 5.97 Å². The summed E-state index contributed by atoms with van der Waals surface area (Å²) in [5, 5.41) is 18.7. The van der Waals surface area contributed by atoms with Gasteiger partial charge in [-0.3, -0.25) is 9.97 Å². The highest BCUT2D eigenvalue weighted by Crippen LogP contribution is 2.30. The van der Waals surface area contributed by atoms with Gasteiger partial charge in [0.05, 0.1) is 22.5 Å². The number of pyridine rings is 2. The minimum atomic E-state index is -0.930. The molecule has 0 radical (unpaired) electrons. The second kappa shape index (κ2) is 12.9. The van der Waals surface area contributed by atoms with Crippen LogP contribution in [0.1, 0.15) is 117 Å². The van der Waals surface area contributed by atoms with Crippen molar-refractivity contribution in [2.75, 3.05) is 0 Å². The fraction of sp³-hybridized carbons (Fsp3) is 0.333. The molecule has 0 fully saturated rings. The molecule has 0 bridgehead atoms. The number of carbonyl (C=O) groups is 1. The Kier molecular flexibility index (Phi) is 9.83. The number of carboxylic acid groups (broad SMARTS) is 1. The third kappa shape index (κ3) is 7.89. The number of rotatable bonds is 5. The molecular weight excluding hydrogens is 506 g/mol. The van der Waals surface area contributed by atoms with Gasteiger partial charge in [0.15, 0.2) is 0 Å². The van der Waals surface area contributed by atoms with Crippen LogP contribution >= 0.6 is 0 Å². The van der Waals surface area contributed by atoms with E-state index >= 15 is 0 Å². The van der Waals surface area contributed by atoms with Crippen LogP contribution in [0.25, 0.3) is 0 Å². The molecule has 2 aromatic carbocycles. The molecule has 2 aromatic heterocycles. The van der Waals surface area contributed by atoms with Gasteiger partial charge in [0.2, 0.25) is 0 Å². The summed E-state index contributed by atoms with van der Waals surface area (Å²) in [6.07, 6.45) is 0. The molecule has 212 valence electrons. The topological polar surface area (TPSA) is 86.9 Å². The molecule has 4 rings (SSSR count). The quantitative estimate of drug-likeness (QED) is 0.270. The molecule has 0 aliphatic rings. The number of nitrogens with zero attached hydrogens (tertiary/aromatic N) is 3. The average molecular weight is 548 g/mol. The Hall–Kier alpha value is -4.30. The number of nitriles is 1. The maximum absolute atomic E-state index is 11.5. The van der Waals surface area contributed by atoms with E-state index in [4.69, 9.17) is 4.98 Å². The largest absolute Gasteiger partial charge is 0.478 e. The zero-order valence-electron chi connectivity index (χ0n) is 25.4. The number of carboxylic acids is 1. The summed E-state index contributed by atoms with van der Waals surface area (Å²) in [4.78, 5) is 20.9. The monoisotopic (exact) mass is 547 g/mol. The van der Waals surface area contributed by atoms with Gasteiger partial charge in [-0.05, 0) is 35.4 Å². The molecule has 2 unspecified atom stereocenters. The van der Waals surface area contributed by atoms with E-state index in [2.05, 4.69) is 71.7 Å². The molecule has 0 amide bonds. The molecule has 2 heterocycles. The Bertz CT molecular complexity index is 1510. The van der Waals surface area contributed by atoms with Gasteiger partial charge in [-0.15, -0.1) is 0 Å². The lowest BCUT2D eigenvalue weighted by atomic mass is 9.88. The minimum absolute atomic E-state index is 0.0147. The van der Waals surface area contributed by atoms with Gasteiger partial charge >= 0.3 is 5.97 Å². The maximum atomic E-state index is 11.5. The first-order chi connectivity index (χ1) is 19.2. The van der Waals surface area contributed by atoms with Gasteiger partial charge in [0, 0.05) is 34.1 Å². The van der Waals surface area contributed by atoms with Crippen LogP contribution in [0.15, 0.2) is 84.9 Å². The molecular formula is C36H41N3O2. The van der Waals surface area contributed by atoms with Crippen LogP contribution in [0, 0.1) is 11.3 Å². The Morgan fingerprint density at radius 2 is 1.10 bits per heavy atom. The lowest BCUT2D eigenvalue weighted by Gasteiger charge is -2.21. The van der Waals surface area contributed by atoms with E-state index in [0.717, 1.165) is 22.6 Å². The first-order valence-electron chi connectivity index (χ1n) is 14.0. The van der Waals surface area contributed by atoms with Crippen molar-refractivity contribution in [3.8, 4) is 6.07 Å². The van der Waals surface area contributed by atoms with E-state index in [1.54, 1.807) is 6.07 Å². The highest BCUT2D eigenvalue weighted by Gasteiger charge is 2.23. The van der Waals surface area contributed by atoms with Gasteiger partial charge in [0.25, 0.3) is 0 Å². The van der Waals surface area contributed by atoms with Gasteiger partial charge < -0.3 is 5.11 Å². The van der Waals surface area contributed by atoms with Crippen LogP contribution in [0.2, 0.25) is 0 Å². The molecule has 0 spiro atoms. The van der Waals surface area contributed by atoms with Crippen molar-refractivity contribution < 1.29 is 9.90 Å². The number of hydrogen-bond acceptors (Lipinski definition) is 4.